The molecule has 1 N–H and O–H groups in total. The lowest BCUT2D eigenvalue weighted by molar-refractivity contribution is 0.812. The van der Waals surface area contributed by atoms with Gasteiger partial charge in [-0.1, -0.05) is 30.3 Å². The van der Waals surface area contributed by atoms with E-state index >= 15 is 0 Å². The molecule has 0 heterocycles. The van der Waals surface area contributed by atoms with E-state index in [1.807, 2.05) is 43.4 Å². The Kier molecular flexibility index (Phi) is 3.69. The maximum Gasteiger partial charge on any atom is 0.182 e. The summed E-state index contributed by atoms with van der Waals surface area (Å²) in [7, 11) is 0. The highest BCUT2D eigenvalue weighted by molar-refractivity contribution is 5.81. The third-order valence-electron chi connectivity index (χ3n) is 1.91. The molecule has 0 spiro atoms. The molecule has 72 valence electrons. The predicted molar refractivity (Wildman–Crippen MR) is 56.7 cm³/mol. The van der Waals surface area contributed by atoms with Crippen molar-refractivity contribution in [3.05, 3.63) is 35.9 Å². The molecule has 0 aliphatic carbocycles. The molecule has 0 aliphatic heterocycles. The van der Waals surface area contributed by atoms with Crippen LogP contribution in [0.1, 0.15) is 25.5 Å². The molecule has 0 aromatic heterocycles. The number of nitrogens with zero attached hydrogens (tertiary/aromatic N) is 2. The van der Waals surface area contributed by atoms with Crippen LogP contribution in [0.25, 0.3) is 0 Å². The number of rotatable bonds is 2. The van der Waals surface area contributed by atoms with Crippen molar-refractivity contribution >= 4 is 5.84 Å². The quantitative estimate of drug-likeness (QED) is 0.334. The Hall–Kier alpha value is -1.82. The molecule has 14 heavy (non-hydrogen) atoms. The number of aliphatic imine (C=N–C) groups is 1. The van der Waals surface area contributed by atoms with Crippen LogP contribution in [0, 0.1) is 11.5 Å². The van der Waals surface area contributed by atoms with Gasteiger partial charge in [0.05, 0.1) is 6.04 Å². The van der Waals surface area contributed by atoms with Gasteiger partial charge in [0.15, 0.2) is 6.19 Å². The fourth-order valence-corrected chi connectivity index (χ4v) is 1.21. The average Bonchev–Trinajstić information content (AvgIpc) is 2.19. The lowest BCUT2D eigenvalue weighted by Gasteiger charge is -2.07. The Labute approximate surface area is 84.1 Å². The van der Waals surface area contributed by atoms with Crippen molar-refractivity contribution in [1.82, 2.24) is 5.32 Å². The van der Waals surface area contributed by atoms with Gasteiger partial charge < -0.3 is 0 Å². The lowest BCUT2D eigenvalue weighted by atomic mass is 10.1. The van der Waals surface area contributed by atoms with E-state index in [9.17, 15) is 0 Å². The zero-order valence-electron chi connectivity index (χ0n) is 8.36. The molecule has 0 saturated heterocycles. The Morgan fingerprint density at radius 3 is 2.64 bits per heavy atom. The van der Waals surface area contributed by atoms with E-state index in [0.29, 0.717) is 5.84 Å². The van der Waals surface area contributed by atoms with Crippen LogP contribution in [0.2, 0.25) is 0 Å². The molecule has 0 saturated carbocycles. The van der Waals surface area contributed by atoms with Crippen LogP contribution in [0.4, 0.5) is 0 Å². The summed E-state index contributed by atoms with van der Waals surface area (Å²) in [5, 5.41) is 10.9. The normalized spacial score (nSPS) is 13.1. The second-order valence-electron chi connectivity index (χ2n) is 3.04. The van der Waals surface area contributed by atoms with Crippen molar-refractivity contribution in [2.45, 2.75) is 19.9 Å². The van der Waals surface area contributed by atoms with Gasteiger partial charge in [-0.25, -0.2) is 0 Å². The van der Waals surface area contributed by atoms with Gasteiger partial charge in [-0.15, -0.1) is 0 Å². The van der Waals surface area contributed by atoms with Crippen molar-refractivity contribution in [2.24, 2.45) is 4.99 Å². The van der Waals surface area contributed by atoms with Gasteiger partial charge in [0.25, 0.3) is 0 Å². The Balaban J connectivity index is 2.73. The monoisotopic (exact) mass is 187 g/mol. The topological polar surface area (TPSA) is 48.2 Å². The van der Waals surface area contributed by atoms with Gasteiger partial charge in [0.1, 0.15) is 5.84 Å². The van der Waals surface area contributed by atoms with Crippen molar-refractivity contribution in [2.75, 3.05) is 0 Å². The first-order valence-corrected chi connectivity index (χ1v) is 4.48. The van der Waals surface area contributed by atoms with Crippen LogP contribution in [0.5, 0.6) is 0 Å². The van der Waals surface area contributed by atoms with Crippen LogP contribution >= 0.6 is 0 Å². The smallest absolute Gasteiger partial charge is 0.182 e. The molecule has 0 bridgehead atoms. The van der Waals surface area contributed by atoms with E-state index in [2.05, 4.69) is 10.3 Å². The molecule has 0 aliphatic rings. The number of benzene rings is 1. The van der Waals surface area contributed by atoms with Crippen LogP contribution in [0.15, 0.2) is 35.3 Å². The third kappa shape index (κ3) is 2.91. The largest absolute Gasteiger partial charge is 0.281 e. The molecule has 3 heteroatoms. The number of hydrogen-bond donors (Lipinski definition) is 1. The van der Waals surface area contributed by atoms with Gasteiger partial charge in [-0.3, -0.25) is 10.3 Å². The minimum Gasteiger partial charge on any atom is -0.281 e. The van der Waals surface area contributed by atoms with E-state index in [1.54, 1.807) is 6.92 Å². The Morgan fingerprint density at radius 1 is 1.43 bits per heavy atom. The van der Waals surface area contributed by atoms with Gasteiger partial charge in [-0.05, 0) is 19.4 Å². The zero-order valence-corrected chi connectivity index (χ0v) is 8.36. The van der Waals surface area contributed by atoms with E-state index < -0.39 is 0 Å². The number of nitrogens with one attached hydrogen (secondary N) is 1. The highest BCUT2D eigenvalue weighted by Gasteiger charge is 2.01. The molecule has 1 rings (SSSR count). The SMILES string of the molecule is CC(=NC(C)c1ccccc1)NC#N. The van der Waals surface area contributed by atoms with E-state index in [-0.39, 0.29) is 6.04 Å². The van der Waals surface area contributed by atoms with Crippen molar-refractivity contribution in [3.63, 3.8) is 0 Å². The molecular formula is C11H13N3. The Morgan fingerprint density at radius 2 is 2.07 bits per heavy atom. The fraction of sp³-hybridized carbons (Fsp3) is 0.273. The molecule has 0 fully saturated rings. The first-order chi connectivity index (χ1) is 6.74. The standard InChI is InChI=1S/C11H13N3/c1-9(14-10(2)13-8-12)11-6-4-3-5-7-11/h3-7,9H,1-2H3,(H,13,14). The highest BCUT2D eigenvalue weighted by atomic mass is 15.0. The van der Waals surface area contributed by atoms with Gasteiger partial charge in [-0.2, -0.15) is 5.26 Å². The summed E-state index contributed by atoms with van der Waals surface area (Å²) in [5.41, 5.74) is 1.14. The summed E-state index contributed by atoms with van der Waals surface area (Å²) in [5.74, 6) is 0.642. The van der Waals surface area contributed by atoms with E-state index in [4.69, 9.17) is 5.26 Å². The number of nitriles is 1. The molecule has 1 atom stereocenters. The highest BCUT2D eigenvalue weighted by Crippen LogP contribution is 2.15. The molecule has 1 unspecified atom stereocenters. The van der Waals surface area contributed by atoms with Crippen molar-refractivity contribution in [1.29, 1.82) is 5.26 Å². The van der Waals surface area contributed by atoms with E-state index in [0.717, 1.165) is 5.56 Å². The maximum absolute atomic E-state index is 8.38. The van der Waals surface area contributed by atoms with Crippen LogP contribution in [-0.4, -0.2) is 5.84 Å². The zero-order chi connectivity index (χ0) is 10.4. The van der Waals surface area contributed by atoms with E-state index in [1.165, 1.54) is 0 Å². The molecule has 3 nitrogen and oxygen atoms in total. The summed E-state index contributed by atoms with van der Waals surface area (Å²) in [6, 6.07) is 10.1. The fourth-order valence-electron chi connectivity index (χ4n) is 1.21. The second kappa shape index (κ2) is 5.03. The molecule has 1 aromatic rings. The second-order valence-corrected chi connectivity index (χ2v) is 3.04. The van der Waals surface area contributed by atoms with Crippen LogP contribution in [0.3, 0.4) is 0 Å². The van der Waals surface area contributed by atoms with Gasteiger partial charge >= 0.3 is 0 Å². The molecule has 0 radical (unpaired) electrons. The van der Waals surface area contributed by atoms with Crippen LogP contribution in [-0.2, 0) is 0 Å². The maximum atomic E-state index is 8.38. The molecular weight excluding hydrogens is 174 g/mol. The predicted octanol–water partition coefficient (Wildman–Crippen LogP) is 2.24. The molecule has 0 amide bonds. The van der Waals surface area contributed by atoms with Crippen molar-refractivity contribution < 1.29 is 0 Å². The minimum absolute atomic E-state index is 0.0806. The van der Waals surface area contributed by atoms with Crippen LogP contribution < -0.4 is 5.32 Å². The van der Waals surface area contributed by atoms with Gasteiger partial charge in [0, 0.05) is 0 Å². The Bertz CT molecular complexity index is 349. The van der Waals surface area contributed by atoms with Gasteiger partial charge in [0.2, 0.25) is 0 Å². The molecule has 1 aromatic carbocycles. The minimum atomic E-state index is 0.0806. The summed E-state index contributed by atoms with van der Waals surface area (Å²) in [6.07, 6.45) is 1.84. The lowest BCUT2D eigenvalue weighted by Crippen LogP contribution is -2.14. The average molecular weight is 187 g/mol. The van der Waals surface area contributed by atoms with Crippen molar-refractivity contribution in [3.8, 4) is 6.19 Å². The first-order valence-electron chi connectivity index (χ1n) is 4.48. The summed E-state index contributed by atoms with van der Waals surface area (Å²) in [4.78, 5) is 4.32. The third-order valence-corrected chi connectivity index (χ3v) is 1.91. The number of hydrogen-bond acceptors (Lipinski definition) is 2. The summed E-state index contributed by atoms with van der Waals surface area (Å²) in [6.45, 7) is 3.78. The first kappa shape index (κ1) is 10.3. The summed E-state index contributed by atoms with van der Waals surface area (Å²) < 4.78 is 0. The number of amidine groups is 1. The summed E-state index contributed by atoms with van der Waals surface area (Å²) >= 11 is 0.